The third-order valence-electron chi connectivity index (χ3n) is 8.62. The fraction of sp³-hybridized carbons (Fsp3) is 0.270. The van der Waals surface area contributed by atoms with Crippen LogP contribution in [0, 0.1) is 0 Å². The molecule has 3 amide bonds. The summed E-state index contributed by atoms with van der Waals surface area (Å²) in [5.41, 5.74) is 2.76. The van der Waals surface area contributed by atoms with Crippen LogP contribution in [0.25, 0.3) is 16.7 Å². The SMILES string of the molecule is CN(C)CCNC(=O)c1ccccc1N1CCN(C(=O)[C@@H](Cc2ccc(Cl)cc2)NC(=O)c2cc(=O)c3cc(-n4ccnc4)ccc3o2)CC1. The molecule has 1 aliphatic heterocycles. The first-order chi connectivity index (χ1) is 24.2. The number of para-hydroxylation sites is 1. The Morgan fingerprint density at radius 3 is 2.44 bits per heavy atom. The number of imidazole rings is 1. The van der Waals surface area contributed by atoms with Crippen LogP contribution in [0.1, 0.15) is 26.5 Å². The van der Waals surface area contributed by atoms with E-state index in [1.807, 2.05) is 37.2 Å². The standard InChI is InChI=1S/C37H38ClN7O5/c1-42(2)15-14-40-35(47)28-5-3-4-6-31(28)43-17-19-44(20-18-43)37(49)30(21-25-7-9-26(38)10-8-25)41-36(48)34-23-32(46)29-22-27(11-12-33(29)50-34)45-16-13-39-24-45/h3-13,16,22-24,30H,14-15,17-21H2,1-2H3,(H,40,47)(H,41,48)/t30-/m1/s1. The summed E-state index contributed by atoms with van der Waals surface area (Å²) in [5.74, 6) is -1.29. The highest BCUT2D eigenvalue weighted by molar-refractivity contribution is 6.30. The number of anilines is 1. The highest BCUT2D eigenvalue weighted by Crippen LogP contribution is 2.23. The van der Waals surface area contributed by atoms with E-state index in [0.29, 0.717) is 48.7 Å². The molecule has 258 valence electrons. The van der Waals surface area contributed by atoms with Crippen molar-refractivity contribution in [1.29, 1.82) is 0 Å². The van der Waals surface area contributed by atoms with Gasteiger partial charge in [0.05, 0.1) is 17.3 Å². The Bertz CT molecular complexity index is 2040. The third-order valence-corrected chi connectivity index (χ3v) is 8.87. The molecule has 3 aromatic carbocycles. The lowest BCUT2D eigenvalue weighted by Gasteiger charge is -2.38. The van der Waals surface area contributed by atoms with Crippen LogP contribution in [0.2, 0.25) is 5.02 Å². The van der Waals surface area contributed by atoms with E-state index >= 15 is 0 Å². The topological polar surface area (TPSA) is 133 Å². The van der Waals surface area contributed by atoms with Crippen LogP contribution < -0.4 is 21.0 Å². The molecule has 2 aromatic heterocycles. The molecule has 2 N–H and O–H groups in total. The van der Waals surface area contributed by atoms with Crippen molar-refractivity contribution < 1.29 is 18.8 Å². The van der Waals surface area contributed by atoms with Crippen LogP contribution in [-0.2, 0) is 11.2 Å². The Balaban J connectivity index is 1.18. The van der Waals surface area contributed by atoms with Crippen LogP contribution in [0.4, 0.5) is 5.69 Å². The van der Waals surface area contributed by atoms with E-state index in [0.717, 1.165) is 29.5 Å². The average Bonchev–Trinajstić information content (AvgIpc) is 3.67. The summed E-state index contributed by atoms with van der Waals surface area (Å²) in [7, 11) is 3.90. The number of rotatable bonds is 11. The molecule has 1 fully saturated rings. The van der Waals surface area contributed by atoms with E-state index in [-0.39, 0.29) is 35.0 Å². The van der Waals surface area contributed by atoms with E-state index in [2.05, 4.69) is 20.5 Å². The van der Waals surface area contributed by atoms with Crippen LogP contribution in [0.3, 0.4) is 0 Å². The molecule has 50 heavy (non-hydrogen) atoms. The Kier molecular flexibility index (Phi) is 10.6. The van der Waals surface area contributed by atoms with Crippen molar-refractivity contribution in [2.24, 2.45) is 0 Å². The van der Waals surface area contributed by atoms with Gasteiger partial charge in [0, 0.05) is 80.5 Å². The minimum atomic E-state index is -0.949. The number of hydrogen-bond donors (Lipinski definition) is 2. The van der Waals surface area contributed by atoms with Gasteiger partial charge in [0.15, 0.2) is 11.2 Å². The number of hydrogen-bond acceptors (Lipinski definition) is 8. The van der Waals surface area contributed by atoms with Gasteiger partial charge >= 0.3 is 0 Å². The molecule has 0 aliphatic carbocycles. The predicted octanol–water partition coefficient (Wildman–Crippen LogP) is 3.61. The van der Waals surface area contributed by atoms with Gasteiger partial charge in [0.2, 0.25) is 5.91 Å². The number of halogens is 1. The average molecular weight is 696 g/mol. The fourth-order valence-corrected chi connectivity index (χ4v) is 6.06. The maximum atomic E-state index is 14.1. The molecule has 0 bridgehead atoms. The van der Waals surface area contributed by atoms with Gasteiger partial charge in [0.1, 0.15) is 11.6 Å². The number of fused-ring (bicyclic) bond motifs is 1. The normalized spacial score (nSPS) is 13.8. The van der Waals surface area contributed by atoms with Crippen molar-refractivity contribution in [3.8, 4) is 5.69 Å². The molecule has 13 heteroatoms. The lowest BCUT2D eigenvalue weighted by molar-refractivity contribution is -0.133. The van der Waals surface area contributed by atoms with Crippen molar-refractivity contribution in [3.05, 3.63) is 124 Å². The number of aromatic nitrogens is 2. The number of nitrogens with one attached hydrogen (secondary N) is 2. The van der Waals surface area contributed by atoms with Crippen LogP contribution in [-0.4, -0.2) is 96.5 Å². The second-order valence-corrected chi connectivity index (χ2v) is 12.8. The smallest absolute Gasteiger partial charge is 0.287 e. The predicted molar refractivity (Wildman–Crippen MR) is 192 cm³/mol. The van der Waals surface area contributed by atoms with Crippen molar-refractivity contribution in [3.63, 3.8) is 0 Å². The molecule has 0 unspecified atom stereocenters. The summed E-state index contributed by atoms with van der Waals surface area (Å²) >= 11 is 6.11. The number of likely N-dealkylation sites (N-methyl/N-ethyl adjacent to an activating group) is 1. The summed E-state index contributed by atoms with van der Waals surface area (Å²) in [5, 5.41) is 6.68. The first-order valence-electron chi connectivity index (χ1n) is 16.3. The maximum Gasteiger partial charge on any atom is 0.287 e. The molecule has 12 nitrogen and oxygen atoms in total. The Labute approximate surface area is 294 Å². The van der Waals surface area contributed by atoms with Gasteiger partial charge in [-0.15, -0.1) is 0 Å². The largest absolute Gasteiger partial charge is 0.451 e. The van der Waals surface area contributed by atoms with Gasteiger partial charge in [-0.3, -0.25) is 19.2 Å². The minimum Gasteiger partial charge on any atom is -0.451 e. The summed E-state index contributed by atoms with van der Waals surface area (Å²) in [6.07, 6.45) is 5.21. The van der Waals surface area contributed by atoms with Crippen LogP contribution in [0.15, 0.2) is 101 Å². The highest BCUT2D eigenvalue weighted by atomic mass is 35.5. The lowest BCUT2D eigenvalue weighted by atomic mass is 10.0. The van der Waals surface area contributed by atoms with Crippen molar-refractivity contribution in [1.82, 2.24) is 30.0 Å². The van der Waals surface area contributed by atoms with E-state index in [1.54, 1.807) is 76.7 Å². The van der Waals surface area contributed by atoms with Crippen LogP contribution >= 0.6 is 11.6 Å². The molecule has 1 saturated heterocycles. The number of nitrogens with zero attached hydrogens (tertiary/aromatic N) is 5. The Hall–Kier alpha value is -5.46. The Morgan fingerprint density at radius 1 is 0.960 bits per heavy atom. The van der Waals surface area contributed by atoms with Gasteiger partial charge in [-0.1, -0.05) is 35.9 Å². The molecule has 6 rings (SSSR count). The maximum absolute atomic E-state index is 14.1. The quantitative estimate of drug-likeness (QED) is 0.214. The molecule has 1 aliphatic rings. The molecule has 1 atom stereocenters. The summed E-state index contributed by atoms with van der Waals surface area (Å²) < 4.78 is 7.64. The van der Waals surface area contributed by atoms with E-state index in [9.17, 15) is 19.2 Å². The first-order valence-corrected chi connectivity index (χ1v) is 16.7. The fourth-order valence-electron chi connectivity index (χ4n) is 5.93. The van der Waals surface area contributed by atoms with Crippen LogP contribution in [0.5, 0.6) is 0 Å². The number of carbonyl (C=O) groups excluding carboxylic acids is 3. The number of amides is 3. The second-order valence-electron chi connectivity index (χ2n) is 12.4. The first kappa shape index (κ1) is 34.4. The second kappa shape index (κ2) is 15.4. The van der Waals surface area contributed by atoms with Gasteiger partial charge in [-0.2, -0.15) is 0 Å². The van der Waals surface area contributed by atoms with Gasteiger partial charge in [0.25, 0.3) is 11.8 Å². The van der Waals surface area contributed by atoms with Gasteiger partial charge in [-0.05, 0) is 62.1 Å². The zero-order chi connectivity index (χ0) is 35.2. The lowest BCUT2D eigenvalue weighted by Crippen LogP contribution is -2.55. The van der Waals surface area contributed by atoms with Crippen molar-refractivity contribution >= 4 is 46.0 Å². The minimum absolute atomic E-state index is 0.148. The van der Waals surface area contributed by atoms with E-state index in [1.165, 1.54) is 0 Å². The summed E-state index contributed by atoms with van der Waals surface area (Å²) in [4.78, 5) is 63.6. The molecule has 0 radical (unpaired) electrons. The molecular formula is C37H38ClN7O5. The molecule has 0 spiro atoms. The van der Waals surface area contributed by atoms with Crippen molar-refractivity contribution in [2.45, 2.75) is 12.5 Å². The highest BCUT2D eigenvalue weighted by Gasteiger charge is 2.31. The molecular weight excluding hydrogens is 658 g/mol. The van der Waals surface area contributed by atoms with Gasteiger partial charge in [-0.25, -0.2) is 4.98 Å². The third kappa shape index (κ3) is 8.04. The number of benzene rings is 3. The monoisotopic (exact) mass is 695 g/mol. The van der Waals surface area contributed by atoms with E-state index < -0.39 is 11.9 Å². The summed E-state index contributed by atoms with van der Waals surface area (Å²) in [6, 6.07) is 19.8. The molecule has 0 saturated carbocycles. The van der Waals surface area contributed by atoms with Gasteiger partial charge < -0.3 is 34.3 Å². The number of piperazine rings is 1. The molecule has 5 aromatic rings. The Morgan fingerprint density at radius 2 is 1.72 bits per heavy atom. The zero-order valence-corrected chi connectivity index (χ0v) is 28.6. The van der Waals surface area contributed by atoms with Crippen molar-refractivity contribution in [2.75, 3.05) is 58.3 Å². The number of carbonyl (C=O) groups is 3. The zero-order valence-electron chi connectivity index (χ0n) is 27.8. The summed E-state index contributed by atoms with van der Waals surface area (Å²) in [6.45, 7) is 3.01. The molecule has 3 heterocycles. The van der Waals surface area contributed by atoms with E-state index in [4.69, 9.17) is 16.0 Å².